The van der Waals surface area contributed by atoms with Gasteiger partial charge in [-0.1, -0.05) is 12.5 Å². The van der Waals surface area contributed by atoms with Gasteiger partial charge in [0.2, 0.25) is 5.91 Å². The molecule has 0 aliphatic carbocycles. The Morgan fingerprint density at radius 1 is 1.35 bits per heavy atom. The lowest BCUT2D eigenvalue weighted by atomic mass is 10.1. The molecule has 1 amide bonds. The molecule has 6 nitrogen and oxygen atoms in total. The van der Waals surface area contributed by atoms with Gasteiger partial charge in [0.25, 0.3) is 0 Å². The molecule has 26 heavy (non-hydrogen) atoms. The molecule has 6 heteroatoms. The molecule has 0 spiro atoms. The largest absolute Gasteiger partial charge is 0.394 e. The number of carbonyl (C=O) groups excluding carboxylic acids is 1. The van der Waals surface area contributed by atoms with Crippen molar-refractivity contribution >= 4 is 28.8 Å². The number of carbonyl (C=O) groups is 1. The van der Waals surface area contributed by atoms with Crippen LogP contribution >= 0.6 is 0 Å². The molecule has 1 aromatic heterocycles. The van der Waals surface area contributed by atoms with Crippen LogP contribution in [0.5, 0.6) is 0 Å². The van der Waals surface area contributed by atoms with Crippen molar-refractivity contribution in [1.82, 2.24) is 10.3 Å². The van der Waals surface area contributed by atoms with Gasteiger partial charge in [-0.3, -0.25) is 4.79 Å². The number of terminal acetylenes is 1. The van der Waals surface area contributed by atoms with Crippen LogP contribution in [0.3, 0.4) is 0 Å². The van der Waals surface area contributed by atoms with Gasteiger partial charge in [-0.05, 0) is 48.7 Å². The van der Waals surface area contributed by atoms with Crippen molar-refractivity contribution in [2.75, 3.05) is 17.7 Å². The molecule has 1 heterocycles. The molecule has 130 valence electrons. The van der Waals surface area contributed by atoms with Gasteiger partial charge in [0.15, 0.2) is 0 Å². The third kappa shape index (κ3) is 4.82. The fourth-order valence-corrected chi connectivity index (χ4v) is 2.09. The molecule has 0 fully saturated rings. The molecular formula is C20H19N5O. The van der Waals surface area contributed by atoms with Crippen LogP contribution in [-0.2, 0) is 4.79 Å². The van der Waals surface area contributed by atoms with E-state index in [1.165, 1.54) is 6.08 Å². The molecular weight excluding hydrogens is 326 g/mol. The molecule has 4 N–H and O–H groups in total. The lowest BCUT2D eigenvalue weighted by Gasteiger charge is -2.13. The zero-order valence-electron chi connectivity index (χ0n) is 14.3. The van der Waals surface area contributed by atoms with Crippen LogP contribution in [0.1, 0.15) is 11.1 Å². The number of amides is 1. The van der Waals surface area contributed by atoms with Gasteiger partial charge in [0, 0.05) is 35.7 Å². The summed E-state index contributed by atoms with van der Waals surface area (Å²) in [5, 5.41) is 17.0. The normalized spacial score (nSPS) is 10.0. The minimum absolute atomic E-state index is 0.261. The number of hydrogen-bond acceptors (Lipinski definition) is 5. The Morgan fingerprint density at radius 2 is 2.15 bits per heavy atom. The summed E-state index contributed by atoms with van der Waals surface area (Å²) >= 11 is 0. The Labute approximate surface area is 152 Å². The number of rotatable bonds is 7. The Balaban J connectivity index is 2.37. The zero-order chi connectivity index (χ0) is 18.9. The van der Waals surface area contributed by atoms with Gasteiger partial charge >= 0.3 is 0 Å². The monoisotopic (exact) mass is 345 g/mol. The Hall–Kier alpha value is -3.85. The van der Waals surface area contributed by atoms with Gasteiger partial charge in [-0.2, -0.15) is 0 Å². The third-order valence-electron chi connectivity index (χ3n) is 3.37. The van der Waals surface area contributed by atoms with Crippen molar-refractivity contribution in [2.45, 2.75) is 0 Å². The first-order chi connectivity index (χ1) is 12.6. The van der Waals surface area contributed by atoms with E-state index in [9.17, 15) is 4.79 Å². The van der Waals surface area contributed by atoms with Crippen molar-refractivity contribution in [3.8, 4) is 12.3 Å². The number of aromatic nitrogens is 1. The van der Waals surface area contributed by atoms with E-state index in [0.29, 0.717) is 28.3 Å². The van der Waals surface area contributed by atoms with Crippen molar-refractivity contribution in [3.05, 3.63) is 72.6 Å². The maximum absolute atomic E-state index is 11.5. The second-order valence-electron chi connectivity index (χ2n) is 5.19. The third-order valence-corrected chi connectivity index (χ3v) is 3.37. The molecule has 0 aliphatic heterocycles. The quantitative estimate of drug-likeness (QED) is 0.353. The summed E-state index contributed by atoms with van der Waals surface area (Å²) in [4.78, 5) is 15.8. The van der Waals surface area contributed by atoms with Crippen LogP contribution in [0.4, 0.5) is 17.2 Å². The van der Waals surface area contributed by atoms with E-state index < -0.39 is 0 Å². The lowest BCUT2D eigenvalue weighted by molar-refractivity contribution is -0.111. The van der Waals surface area contributed by atoms with Gasteiger partial charge in [0.1, 0.15) is 5.82 Å². The maximum Gasteiger partial charge on any atom is 0.247 e. The number of nitrogens with zero attached hydrogens (tertiary/aromatic N) is 1. The van der Waals surface area contributed by atoms with Crippen LogP contribution in [0.25, 0.3) is 0 Å². The topological polar surface area (TPSA) is 89.9 Å². The van der Waals surface area contributed by atoms with Gasteiger partial charge in [-0.15, -0.1) is 6.42 Å². The van der Waals surface area contributed by atoms with Gasteiger partial charge in [0.05, 0.1) is 5.71 Å². The molecule has 0 radical (unpaired) electrons. The summed E-state index contributed by atoms with van der Waals surface area (Å²) in [6, 6.07) is 8.76. The van der Waals surface area contributed by atoms with Crippen LogP contribution < -0.4 is 16.0 Å². The first kappa shape index (κ1) is 18.5. The van der Waals surface area contributed by atoms with Gasteiger partial charge in [-0.25, -0.2) is 4.98 Å². The van der Waals surface area contributed by atoms with E-state index in [2.05, 4.69) is 33.4 Å². The average molecular weight is 345 g/mol. The summed E-state index contributed by atoms with van der Waals surface area (Å²) in [6.45, 7) is 3.43. The highest BCUT2D eigenvalue weighted by Gasteiger charge is 2.10. The minimum atomic E-state index is -0.319. The average Bonchev–Trinajstić information content (AvgIpc) is 2.67. The van der Waals surface area contributed by atoms with E-state index >= 15 is 0 Å². The summed E-state index contributed by atoms with van der Waals surface area (Å²) in [6.07, 6.45) is 11.4. The van der Waals surface area contributed by atoms with Gasteiger partial charge < -0.3 is 21.4 Å². The summed E-state index contributed by atoms with van der Waals surface area (Å²) in [7, 11) is 1.75. The number of allylic oxidation sites excluding steroid dienone is 1. The van der Waals surface area contributed by atoms with E-state index in [0.717, 1.165) is 0 Å². The molecule has 0 bridgehead atoms. The molecule has 0 saturated heterocycles. The minimum Gasteiger partial charge on any atom is -0.394 e. The van der Waals surface area contributed by atoms with Crippen molar-refractivity contribution in [2.24, 2.45) is 0 Å². The van der Waals surface area contributed by atoms with E-state index in [1.807, 2.05) is 0 Å². The summed E-state index contributed by atoms with van der Waals surface area (Å²) < 4.78 is 0. The van der Waals surface area contributed by atoms with Crippen LogP contribution in [-0.4, -0.2) is 23.7 Å². The highest BCUT2D eigenvalue weighted by atomic mass is 16.1. The number of pyridine rings is 1. The van der Waals surface area contributed by atoms with Crippen LogP contribution in [0, 0.1) is 17.8 Å². The second-order valence-corrected chi connectivity index (χ2v) is 5.19. The smallest absolute Gasteiger partial charge is 0.247 e. The Kier molecular flexibility index (Phi) is 6.29. The molecule has 1 aromatic carbocycles. The lowest BCUT2D eigenvalue weighted by Crippen LogP contribution is -2.10. The first-order valence-electron chi connectivity index (χ1n) is 7.77. The van der Waals surface area contributed by atoms with E-state index in [1.54, 1.807) is 55.9 Å². The Morgan fingerprint density at radius 3 is 2.77 bits per heavy atom. The predicted octanol–water partition coefficient (Wildman–Crippen LogP) is 3.03. The van der Waals surface area contributed by atoms with Crippen molar-refractivity contribution in [1.29, 1.82) is 5.41 Å². The highest BCUT2D eigenvalue weighted by molar-refractivity contribution is 6.11. The maximum atomic E-state index is 11.5. The number of benzene rings is 1. The molecule has 0 saturated carbocycles. The number of hydrogen-bond donors (Lipinski definition) is 4. The van der Waals surface area contributed by atoms with E-state index in [-0.39, 0.29) is 11.6 Å². The number of anilines is 3. The fraction of sp³-hybridized carbons (Fsp3) is 0.0500. The molecule has 0 atom stereocenters. The van der Waals surface area contributed by atoms with Crippen molar-refractivity contribution in [3.63, 3.8) is 0 Å². The van der Waals surface area contributed by atoms with Crippen molar-refractivity contribution < 1.29 is 4.79 Å². The predicted molar refractivity (Wildman–Crippen MR) is 106 cm³/mol. The van der Waals surface area contributed by atoms with E-state index in [4.69, 9.17) is 11.8 Å². The first-order valence-corrected chi connectivity index (χ1v) is 7.77. The standard InChI is InChI=1S/C20H19N5O/c1-4-14-6-9-19(23-13-14)25-18-8-7-15(24-20(26)5-2)12-16(18)17(21)10-11-22-3/h1,5-13,21-22H,2H2,3H3,(H,23,25)(H,24,26)/b11-10-,21-17?. The molecule has 2 aromatic rings. The van der Waals surface area contributed by atoms with Crippen LogP contribution in [0.15, 0.2) is 61.5 Å². The second kappa shape index (κ2) is 8.85. The van der Waals surface area contributed by atoms with Crippen LogP contribution in [0.2, 0.25) is 0 Å². The fourth-order valence-electron chi connectivity index (χ4n) is 2.09. The number of nitrogens with one attached hydrogen (secondary N) is 4. The highest BCUT2D eigenvalue weighted by Crippen LogP contribution is 2.24. The Bertz CT molecular complexity index is 891. The molecule has 2 rings (SSSR count). The zero-order valence-corrected chi connectivity index (χ0v) is 14.3. The summed E-state index contributed by atoms with van der Waals surface area (Å²) in [5.41, 5.74) is 2.78. The molecule has 0 unspecified atom stereocenters. The molecule has 0 aliphatic rings. The summed E-state index contributed by atoms with van der Waals surface area (Å²) in [5.74, 6) is 2.79. The SMILES string of the molecule is C#Cc1ccc(Nc2ccc(NC(=O)C=C)cc2C(=N)/C=C\NC)nc1.